The summed E-state index contributed by atoms with van der Waals surface area (Å²) in [5, 5.41) is 7.41. The highest BCUT2D eigenvalue weighted by Gasteiger charge is 2.45. The highest BCUT2D eigenvalue weighted by Crippen LogP contribution is 2.56. The number of amides is 2. The SMILES string of the molecule is CC1=C(c2nccs2)CN2CC1N(OS(=O)(=O)[O-])C2=O.CC=C[P+](c1ccccc1)(c1ccccc1)c1ccccc1. The lowest BCUT2D eigenvalue weighted by atomic mass is 9.99. The second-order valence-corrected chi connectivity index (χ2v) is 14.9. The maximum absolute atomic E-state index is 12.0. The van der Waals surface area contributed by atoms with Gasteiger partial charge in [0.2, 0.25) is 10.4 Å². The molecule has 3 aromatic carbocycles. The van der Waals surface area contributed by atoms with E-state index in [4.69, 9.17) is 0 Å². The third-order valence-electron chi connectivity index (χ3n) is 7.19. The van der Waals surface area contributed by atoms with E-state index >= 15 is 0 Å². The van der Waals surface area contributed by atoms with E-state index in [-0.39, 0.29) is 0 Å². The second-order valence-electron chi connectivity index (χ2n) is 9.70. The van der Waals surface area contributed by atoms with Crippen LogP contribution in [-0.2, 0) is 14.7 Å². The Bertz CT molecular complexity index is 1580. The number of allylic oxidation sites excluding steroid dienone is 1. The van der Waals surface area contributed by atoms with E-state index in [1.807, 2.05) is 5.38 Å². The van der Waals surface area contributed by atoms with Crippen molar-refractivity contribution in [3.63, 3.8) is 0 Å². The second kappa shape index (κ2) is 12.7. The minimum absolute atomic E-state index is 0.301. The number of nitrogens with zero attached hydrogens (tertiary/aromatic N) is 3. The Morgan fingerprint density at radius 2 is 1.48 bits per heavy atom. The van der Waals surface area contributed by atoms with Gasteiger partial charge in [-0.15, -0.1) is 11.3 Å². The van der Waals surface area contributed by atoms with Crippen LogP contribution in [0.2, 0.25) is 0 Å². The minimum Gasteiger partial charge on any atom is -0.724 e. The van der Waals surface area contributed by atoms with Gasteiger partial charge in [0.1, 0.15) is 34.2 Å². The monoisotopic (exact) mass is 619 g/mol. The van der Waals surface area contributed by atoms with Gasteiger partial charge in [0.15, 0.2) is 0 Å². The average Bonchev–Trinajstić information content (AvgIpc) is 3.63. The third kappa shape index (κ3) is 6.09. The Labute approximate surface area is 250 Å². The molecule has 3 heterocycles. The normalized spacial score (nSPS) is 17.0. The molecule has 0 N–H and O–H groups in total. The van der Waals surface area contributed by atoms with Crippen molar-refractivity contribution in [1.29, 1.82) is 0 Å². The van der Waals surface area contributed by atoms with E-state index in [2.05, 4.69) is 119 Å². The quantitative estimate of drug-likeness (QED) is 0.165. The van der Waals surface area contributed by atoms with Gasteiger partial charge in [-0.25, -0.2) is 18.2 Å². The molecule has 1 fully saturated rings. The largest absolute Gasteiger partial charge is 0.724 e. The van der Waals surface area contributed by atoms with E-state index in [0.29, 0.717) is 18.2 Å². The molecule has 0 radical (unpaired) electrons. The van der Waals surface area contributed by atoms with Crippen LogP contribution in [0.4, 0.5) is 4.79 Å². The zero-order chi connectivity index (χ0) is 29.7. The fourth-order valence-corrected chi connectivity index (χ4v) is 10.2. The summed E-state index contributed by atoms with van der Waals surface area (Å²) in [6.45, 7) is 4.52. The van der Waals surface area contributed by atoms with Gasteiger partial charge in [0, 0.05) is 23.7 Å². The predicted molar refractivity (Wildman–Crippen MR) is 168 cm³/mol. The molecule has 11 heteroatoms. The number of fused-ring (bicyclic) bond motifs is 2. The topological polar surface area (TPSA) is 103 Å². The minimum atomic E-state index is -4.98. The van der Waals surface area contributed by atoms with Crippen molar-refractivity contribution < 1.29 is 22.0 Å². The number of benzene rings is 3. The van der Waals surface area contributed by atoms with Crippen LogP contribution in [0.5, 0.6) is 0 Å². The van der Waals surface area contributed by atoms with Crippen LogP contribution in [0.1, 0.15) is 18.9 Å². The number of thiazole rings is 1. The Hall–Kier alpha value is -3.66. The van der Waals surface area contributed by atoms with Gasteiger partial charge in [-0.05, 0) is 55.8 Å². The lowest BCUT2D eigenvalue weighted by Gasteiger charge is -2.25. The maximum atomic E-state index is 12.0. The van der Waals surface area contributed by atoms with Crippen LogP contribution in [0, 0.1) is 0 Å². The first-order valence-electron chi connectivity index (χ1n) is 13.3. The zero-order valence-electron chi connectivity index (χ0n) is 23.1. The highest BCUT2D eigenvalue weighted by atomic mass is 32.3. The van der Waals surface area contributed by atoms with Crippen LogP contribution in [0.3, 0.4) is 0 Å². The molecule has 8 nitrogen and oxygen atoms in total. The number of urea groups is 1. The Morgan fingerprint density at radius 3 is 1.90 bits per heavy atom. The van der Waals surface area contributed by atoms with Crippen molar-refractivity contribution >= 4 is 56.5 Å². The third-order valence-corrected chi connectivity index (χ3v) is 12.4. The molecule has 6 rings (SSSR count). The lowest BCUT2D eigenvalue weighted by Crippen LogP contribution is -2.36. The van der Waals surface area contributed by atoms with Gasteiger partial charge in [-0.1, -0.05) is 60.7 Å². The molecule has 42 heavy (non-hydrogen) atoms. The highest BCUT2D eigenvalue weighted by molar-refractivity contribution is 7.98. The summed E-state index contributed by atoms with van der Waals surface area (Å²) < 4.78 is 36.4. The van der Waals surface area contributed by atoms with Gasteiger partial charge >= 0.3 is 6.03 Å². The van der Waals surface area contributed by atoms with Gasteiger partial charge in [0.25, 0.3) is 0 Å². The van der Waals surface area contributed by atoms with Crippen LogP contribution in [-0.4, -0.2) is 53.1 Å². The summed E-state index contributed by atoms with van der Waals surface area (Å²) in [5.74, 6) is 2.41. The van der Waals surface area contributed by atoms with Crippen molar-refractivity contribution in [2.45, 2.75) is 19.9 Å². The van der Waals surface area contributed by atoms with Crippen LogP contribution in [0.25, 0.3) is 5.57 Å². The molecule has 0 aliphatic carbocycles. The van der Waals surface area contributed by atoms with Crippen LogP contribution < -0.4 is 15.9 Å². The number of hydrogen-bond acceptors (Lipinski definition) is 7. The number of hydroxylamine groups is 2. The number of carbonyl (C=O) groups is 1. The molecule has 0 spiro atoms. The standard InChI is InChI=1S/C21H20P.C10H11N3O5S2/c1-2-18-22(19-12-6-3-7-13-19,20-14-8-4-9-15-20)21-16-10-5-11-17-21;1-6-7(9-11-2-3-19-9)4-12-5-8(6)13(10(12)14)18-20(15,16)17/h2-18H,1H3;2-3,8H,4-5H2,1H3,(H,15,16,17)/q+1;/p-1. The van der Waals surface area contributed by atoms with Crippen molar-refractivity contribution in [3.8, 4) is 0 Å². The summed E-state index contributed by atoms with van der Waals surface area (Å²) in [5.41, 5.74) is 1.64. The molecular formula is C31H30N3O5PS2. The van der Waals surface area contributed by atoms with Crippen molar-refractivity contribution in [2.75, 3.05) is 13.1 Å². The zero-order valence-corrected chi connectivity index (χ0v) is 25.6. The molecule has 4 aromatic rings. The summed E-state index contributed by atoms with van der Waals surface area (Å²) in [6, 6.07) is 31.4. The van der Waals surface area contributed by atoms with E-state index in [1.54, 1.807) is 13.1 Å². The first kappa shape index (κ1) is 29.8. The number of carbonyl (C=O) groups excluding carboxylic acids is 1. The van der Waals surface area contributed by atoms with E-state index < -0.39 is 29.7 Å². The molecule has 1 aromatic heterocycles. The summed E-state index contributed by atoms with van der Waals surface area (Å²) in [6.07, 6.45) is 3.85. The van der Waals surface area contributed by atoms with Crippen molar-refractivity contribution in [2.24, 2.45) is 0 Å². The fraction of sp³-hybridized carbons (Fsp3) is 0.161. The molecule has 2 amide bonds. The Morgan fingerprint density at radius 1 is 0.952 bits per heavy atom. The van der Waals surface area contributed by atoms with Gasteiger partial charge < -0.3 is 9.45 Å². The van der Waals surface area contributed by atoms with E-state index in [9.17, 15) is 17.8 Å². The molecular weight excluding hydrogens is 589 g/mol. The fourth-order valence-electron chi connectivity index (χ4n) is 5.30. The van der Waals surface area contributed by atoms with Gasteiger partial charge in [0.05, 0.1) is 12.4 Å². The Kier molecular flexibility index (Phi) is 9.01. The first-order valence-corrected chi connectivity index (χ1v) is 17.3. The van der Waals surface area contributed by atoms with Gasteiger partial charge in [-0.3, -0.25) is 0 Å². The molecule has 1 atom stereocenters. The smallest absolute Gasteiger partial charge is 0.346 e. The van der Waals surface area contributed by atoms with E-state index in [1.165, 1.54) is 32.2 Å². The van der Waals surface area contributed by atoms with Crippen molar-refractivity contribution in [3.05, 3.63) is 125 Å². The molecule has 2 aliphatic rings. The number of hydrogen-bond donors (Lipinski definition) is 0. The number of rotatable bonds is 7. The van der Waals surface area contributed by atoms with Crippen LogP contribution >= 0.6 is 18.6 Å². The summed E-state index contributed by atoms with van der Waals surface area (Å²) in [7, 11) is -6.71. The molecule has 2 aliphatic heterocycles. The molecule has 1 saturated heterocycles. The molecule has 1 unspecified atom stereocenters. The number of aromatic nitrogens is 1. The lowest BCUT2D eigenvalue weighted by molar-refractivity contribution is -0.0221. The molecule has 2 bridgehead atoms. The predicted octanol–water partition coefficient (Wildman–Crippen LogP) is 4.94. The molecule has 0 saturated carbocycles. The van der Waals surface area contributed by atoms with Gasteiger partial charge in [-0.2, -0.15) is 9.35 Å². The van der Waals surface area contributed by atoms with Crippen molar-refractivity contribution in [1.82, 2.24) is 14.9 Å². The average molecular weight is 620 g/mol. The first-order chi connectivity index (χ1) is 20.2. The van der Waals surface area contributed by atoms with Crippen LogP contribution in [0.15, 0.2) is 120 Å². The summed E-state index contributed by atoms with van der Waals surface area (Å²) >= 11 is 1.43. The maximum Gasteiger partial charge on any atom is 0.346 e. The summed E-state index contributed by atoms with van der Waals surface area (Å²) in [4.78, 5) is 17.6. The van der Waals surface area contributed by atoms with E-state index in [0.717, 1.165) is 16.2 Å². The Balaban J connectivity index is 0.000000169. The molecule has 216 valence electrons.